The van der Waals surface area contributed by atoms with E-state index in [0.29, 0.717) is 5.92 Å². The molecule has 2 bridgehead atoms. The summed E-state index contributed by atoms with van der Waals surface area (Å²) in [4.78, 5) is 2.34. The lowest BCUT2D eigenvalue weighted by atomic mass is 9.49. The predicted molar refractivity (Wildman–Crippen MR) is 194 cm³/mol. The van der Waals surface area contributed by atoms with Crippen LogP contribution in [-0.2, 0) is 10.8 Å². The Balaban J connectivity index is 1.10. The van der Waals surface area contributed by atoms with Crippen LogP contribution in [0.5, 0.6) is 0 Å². The van der Waals surface area contributed by atoms with Crippen LogP contribution in [0.15, 0.2) is 109 Å². The number of benzene rings is 5. The van der Waals surface area contributed by atoms with Crippen molar-refractivity contribution in [3.63, 3.8) is 0 Å². The highest BCUT2D eigenvalue weighted by molar-refractivity contribution is 5.93. The molecular formula is C45H45N. The van der Waals surface area contributed by atoms with Crippen molar-refractivity contribution in [2.75, 3.05) is 11.9 Å². The molecule has 2 fully saturated rings. The number of rotatable bonds is 3. The van der Waals surface area contributed by atoms with Gasteiger partial charge in [-0.15, -0.1) is 0 Å². The first-order valence-corrected chi connectivity index (χ1v) is 17.6. The van der Waals surface area contributed by atoms with Gasteiger partial charge in [0.25, 0.3) is 0 Å². The third-order valence-corrected chi connectivity index (χ3v) is 12.8. The van der Waals surface area contributed by atoms with E-state index in [1.165, 1.54) is 81.6 Å². The second kappa shape index (κ2) is 9.95. The van der Waals surface area contributed by atoms with Gasteiger partial charge < -0.3 is 4.90 Å². The maximum Gasteiger partial charge on any atom is 0.0411 e. The van der Waals surface area contributed by atoms with Gasteiger partial charge in [0, 0.05) is 29.3 Å². The minimum atomic E-state index is 0.000380. The molecule has 5 unspecified atom stereocenters. The quantitative estimate of drug-likeness (QED) is 0.199. The van der Waals surface area contributed by atoms with Crippen LogP contribution in [0.25, 0.3) is 33.4 Å². The van der Waals surface area contributed by atoms with Gasteiger partial charge in [-0.2, -0.15) is 0 Å². The predicted octanol–water partition coefficient (Wildman–Crippen LogP) is 11.8. The SMILES string of the molecule is CC1CC2CC(C)C3(c4ccccc4-c4c(-c5ccc(N(C)c6ccc7c(c6)C(C)(C)c6ccccc6-7)cc5)cccc43)C(C1)C2. The van der Waals surface area contributed by atoms with Crippen molar-refractivity contribution < 1.29 is 0 Å². The maximum atomic E-state index is 2.57. The van der Waals surface area contributed by atoms with Crippen LogP contribution in [-0.4, -0.2) is 7.05 Å². The summed E-state index contributed by atoms with van der Waals surface area (Å²) < 4.78 is 0. The Morgan fingerprint density at radius 2 is 1.22 bits per heavy atom. The average Bonchev–Trinajstić information content (AvgIpc) is 3.50. The van der Waals surface area contributed by atoms with Crippen molar-refractivity contribution in [2.24, 2.45) is 23.7 Å². The van der Waals surface area contributed by atoms with Crippen LogP contribution in [0.3, 0.4) is 0 Å². The highest BCUT2D eigenvalue weighted by Crippen LogP contribution is 2.65. The van der Waals surface area contributed by atoms with Crippen LogP contribution >= 0.6 is 0 Å². The lowest BCUT2D eigenvalue weighted by molar-refractivity contribution is 0.0426. The minimum absolute atomic E-state index is 0.000380. The van der Waals surface area contributed by atoms with E-state index >= 15 is 0 Å². The first-order chi connectivity index (χ1) is 22.3. The molecule has 1 heteroatoms. The molecule has 0 saturated heterocycles. The summed E-state index contributed by atoms with van der Waals surface area (Å²) in [5, 5.41) is 0. The van der Waals surface area contributed by atoms with Crippen molar-refractivity contribution in [3.05, 3.63) is 131 Å². The monoisotopic (exact) mass is 599 g/mol. The zero-order chi connectivity index (χ0) is 31.4. The molecule has 0 aliphatic heterocycles. The number of hydrogen-bond donors (Lipinski definition) is 0. The molecule has 5 aromatic rings. The van der Waals surface area contributed by atoms with Gasteiger partial charge in [-0.3, -0.25) is 0 Å². The Kier molecular flexibility index (Phi) is 6.09. The van der Waals surface area contributed by atoms with Gasteiger partial charge in [0.05, 0.1) is 0 Å². The lowest BCUT2D eigenvalue weighted by Gasteiger charge is -2.54. The van der Waals surface area contributed by atoms with Gasteiger partial charge in [-0.05, 0) is 129 Å². The third-order valence-electron chi connectivity index (χ3n) is 12.8. The van der Waals surface area contributed by atoms with Gasteiger partial charge in [0.2, 0.25) is 0 Å². The van der Waals surface area contributed by atoms with Gasteiger partial charge in [-0.25, -0.2) is 0 Å². The van der Waals surface area contributed by atoms with E-state index in [4.69, 9.17) is 0 Å². The zero-order valence-corrected chi connectivity index (χ0v) is 28.0. The Hall–Kier alpha value is -4.10. The van der Waals surface area contributed by atoms with Crippen LogP contribution in [0.4, 0.5) is 11.4 Å². The van der Waals surface area contributed by atoms with Crippen LogP contribution in [0.2, 0.25) is 0 Å². The molecule has 1 nitrogen and oxygen atoms in total. The van der Waals surface area contributed by atoms with E-state index in [1.807, 2.05) is 0 Å². The van der Waals surface area contributed by atoms with Gasteiger partial charge in [0.1, 0.15) is 0 Å². The number of anilines is 2. The van der Waals surface area contributed by atoms with E-state index in [-0.39, 0.29) is 10.8 Å². The molecule has 2 saturated carbocycles. The molecule has 5 aromatic carbocycles. The normalized spacial score (nSPS) is 26.3. The van der Waals surface area contributed by atoms with Crippen molar-refractivity contribution in [2.45, 2.75) is 64.2 Å². The number of nitrogens with zero attached hydrogens (tertiary/aromatic N) is 1. The minimum Gasteiger partial charge on any atom is -0.345 e. The molecule has 5 atom stereocenters. The summed E-state index contributed by atoms with van der Waals surface area (Å²) in [6.07, 6.45) is 5.51. The second-order valence-corrected chi connectivity index (χ2v) is 15.7. The fraction of sp³-hybridized carbons (Fsp3) is 0.333. The average molecular weight is 600 g/mol. The summed E-state index contributed by atoms with van der Waals surface area (Å²) in [7, 11) is 2.20. The third kappa shape index (κ3) is 3.75. The molecule has 4 aliphatic carbocycles. The first-order valence-electron chi connectivity index (χ1n) is 17.6. The highest BCUT2D eigenvalue weighted by atomic mass is 15.1. The first kappa shape index (κ1) is 28.1. The van der Waals surface area contributed by atoms with Crippen molar-refractivity contribution in [3.8, 4) is 33.4 Å². The molecule has 230 valence electrons. The van der Waals surface area contributed by atoms with Crippen molar-refractivity contribution in [1.29, 1.82) is 0 Å². The summed E-state index contributed by atoms with van der Waals surface area (Å²) in [6, 6.07) is 41.9. The Bertz CT molecular complexity index is 1990. The molecule has 4 aliphatic rings. The second-order valence-electron chi connectivity index (χ2n) is 15.7. The fourth-order valence-electron chi connectivity index (χ4n) is 10.9. The zero-order valence-electron chi connectivity index (χ0n) is 28.0. The summed E-state index contributed by atoms with van der Waals surface area (Å²) in [5.74, 6) is 3.10. The standard InChI is InChI=1S/C45H45N/c1-28-23-30-25-29(2)45(32(24-28)26-30)40-15-9-7-12-38(40)43-35(13-10-16-41(43)45)31-17-19-33(20-18-31)46(5)34-21-22-37-36-11-6-8-14-39(36)44(3,4)42(37)27-34/h6-22,27-30,32H,23-26H2,1-5H3. The topological polar surface area (TPSA) is 3.24 Å². The highest BCUT2D eigenvalue weighted by Gasteiger charge is 2.56. The fourth-order valence-corrected chi connectivity index (χ4v) is 10.9. The Labute approximate surface area is 275 Å². The van der Waals surface area contributed by atoms with Gasteiger partial charge in [0.15, 0.2) is 0 Å². The van der Waals surface area contributed by atoms with Gasteiger partial charge in [-0.1, -0.05) is 113 Å². The maximum absolute atomic E-state index is 2.57. The van der Waals surface area contributed by atoms with Gasteiger partial charge >= 0.3 is 0 Å². The molecule has 9 rings (SSSR count). The molecule has 0 heterocycles. The van der Waals surface area contributed by atoms with Crippen LogP contribution in [0, 0.1) is 23.7 Å². The van der Waals surface area contributed by atoms with Crippen LogP contribution < -0.4 is 4.90 Å². The number of fused-ring (bicyclic) bond motifs is 11. The van der Waals surface area contributed by atoms with Crippen LogP contribution in [0.1, 0.15) is 75.6 Å². The Morgan fingerprint density at radius 3 is 2.02 bits per heavy atom. The molecule has 0 radical (unpaired) electrons. The van der Waals surface area contributed by atoms with Crippen molar-refractivity contribution in [1.82, 2.24) is 0 Å². The lowest BCUT2D eigenvalue weighted by Crippen LogP contribution is -2.49. The summed E-state index contributed by atoms with van der Waals surface area (Å²) in [5.41, 5.74) is 17.0. The Morgan fingerprint density at radius 1 is 0.565 bits per heavy atom. The van der Waals surface area contributed by atoms with E-state index in [9.17, 15) is 0 Å². The molecule has 0 aromatic heterocycles. The van der Waals surface area contributed by atoms with E-state index in [0.717, 1.165) is 17.8 Å². The van der Waals surface area contributed by atoms with E-state index < -0.39 is 0 Å². The van der Waals surface area contributed by atoms with Crippen molar-refractivity contribution >= 4 is 11.4 Å². The molecule has 46 heavy (non-hydrogen) atoms. The summed E-state index contributed by atoms with van der Waals surface area (Å²) >= 11 is 0. The number of hydrogen-bond acceptors (Lipinski definition) is 1. The summed E-state index contributed by atoms with van der Waals surface area (Å²) in [6.45, 7) is 9.79. The smallest absolute Gasteiger partial charge is 0.0411 e. The largest absolute Gasteiger partial charge is 0.345 e. The van der Waals surface area contributed by atoms with E-state index in [2.05, 4.69) is 149 Å². The molecule has 1 spiro atoms. The molecule has 0 amide bonds. The molecule has 0 N–H and O–H groups in total. The molecular weight excluding hydrogens is 555 g/mol. The van der Waals surface area contributed by atoms with E-state index in [1.54, 1.807) is 11.1 Å².